The Labute approximate surface area is 164 Å². The van der Waals surface area contributed by atoms with Crippen LogP contribution in [0.15, 0.2) is 72.8 Å². The molecule has 0 N–H and O–H groups in total. The van der Waals surface area contributed by atoms with Crippen LogP contribution in [0, 0.1) is 10.1 Å². The summed E-state index contributed by atoms with van der Waals surface area (Å²) in [5.74, 6) is 0. The van der Waals surface area contributed by atoms with Gasteiger partial charge in [0.2, 0.25) is 0 Å². The Bertz CT molecular complexity index is 979. The van der Waals surface area contributed by atoms with Gasteiger partial charge in [0.15, 0.2) is 0 Å². The summed E-state index contributed by atoms with van der Waals surface area (Å²) in [6, 6.07) is 24.6. The monoisotopic (exact) mass is 371 g/mol. The number of piperazine rings is 1. The fraction of sp³-hybridized carbons (Fsp3) is 0.217. The number of anilines is 1. The highest BCUT2D eigenvalue weighted by molar-refractivity contribution is 5.78. The first-order chi connectivity index (χ1) is 13.7. The molecule has 0 radical (unpaired) electrons. The van der Waals surface area contributed by atoms with Crippen LogP contribution in [0.3, 0.4) is 0 Å². The van der Waals surface area contributed by atoms with Gasteiger partial charge in [0, 0.05) is 44.0 Å². The van der Waals surface area contributed by atoms with Gasteiger partial charge in [-0.05, 0) is 34.4 Å². The van der Waals surface area contributed by atoms with Crippen LogP contribution in [0.2, 0.25) is 0 Å². The lowest BCUT2D eigenvalue weighted by Crippen LogP contribution is -2.47. The van der Waals surface area contributed by atoms with E-state index in [0.717, 1.165) is 31.9 Å². The normalized spacial score (nSPS) is 16.6. The molecule has 0 aromatic heterocycles. The summed E-state index contributed by atoms with van der Waals surface area (Å²) >= 11 is 0. The molecule has 1 aliphatic heterocycles. The van der Waals surface area contributed by atoms with Crippen molar-refractivity contribution in [3.8, 4) is 11.1 Å². The first kappa shape index (κ1) is 17.0. The molecule has 2 aliphatic rings. The molecule has 0 saturated carbocycles. The van der Waals surface area contributed by atoms with E-state index in [9.17, 15) is 10.1 Å². The van der Waals surface area contributed by atoms with Gasteiger partial charge in [-0.2, -0.15) is 0 Å². The molecule has 0 unspecified atom stereocenters. The highest BCUT2D eigenvalue weighted by atomic mass is 16.6. The number of benzene rings is 3. The summed E-state index contributed by atoms with van der Waals surface area (Å²) in [4.78, 5) is 15.4. The van der Waals surface area contributed by atoms with E-state index in [-0.39, 0.29) is 10.6 Å². The minimum atomic E-state index is -0.350. The smallest absolute Gasteiger partial charge is 0.269 e. The van der Waals surface area contributed by atoms with Gasteiger partial charge in [0.25, 0.3) is 5.69 Å². The number of fused-ring (bicyclic) bond motifs is 3. The van der Waals surface area contributed by atoms with E-state index in [0.29, 0.717) is 6.04 Å². The molecular weight excluding hydrogens is 350 g/mol. The van der Waals surface area contributed by atoms with Crippen molar-refractivity contribution in [1.82, 2.24) is 4.90 Å². The summed E-state index contributed by atoms with van der Waals surface area (Å²) in [5.41, 5.74) is 6.68. The summed E-state index contributed by atoms with van der Waals surface area (Å²) in [5, 5.41) is 10.9. The van der Waals surface area contributed by atoms with Gasteiger partial charge >= 0.3 is 0 Å². The molecule has 5 nitrogen and oxygen atoms in total. The van der Waals surface area contributed by atoms with Crippen molar-refractivity contribution >= 4 is 11.4 Å². The van der Waals surface area contributed by atoms with E-state index >= 15 is 0 Å². The molecular formula is C23H21N3O2. The minimum absolute atomic E-state index is 0.140. The van der Waals surface area contributed by atoms with Crippen LogP contribution >= 0.6 is 0 Å². The fourth-order valence-electron chi connectivity index (χ4n) is 4.55. The zero-order valence-corrected chi connectivity index (χ0v) is 15.5. The predicted molar refractivity (Wildman–Crippen MR) is 111 cm³/mol. The molecule has 28 heavy (non-hydrogen) atoms. The van der Waals surface area contributed by atoms with Crippen molar-refractivity contribution in [3.05, 3.63) is 94.0 Å². The zero-order valence-electron chi connectivity index (χ0n) is 15.5. The van der Waals surface area contributed by atoms with Crippen LogP contribution in [-0.4, -0.2) is 36.0 Å². The zero-order chi connectivity index (χ0) is 19.1. The highest BCUT2D eigenvalue weighted by Crippen LogP contribution is 2.46. The van der Waals surface area contributed by atoms with Crippen molar-refractivity contribution in [3.63, 3.8) is 0 Å². The maximum Gasteiger partial charge on any atom is 0.269 e. The molecule has 0 bridgehead atoms. The number of hydrogen-bond donors (Lipinski definition) is 0. The van der Waals surface area contributed by atoms with Crippen LogP contribution in [0.5, 0.6) is 0 Å². The van der Waals surface area contributed by atoms with Crippen LogP contribution in [0.4, 0.5) is 11.4 Å². The lowest BCUT2D eigenvalue weighted by atomic mass is 10.0. The molecule has 3 aromatic carbocycles. The van der Waals surface area contributed by atoms with Crippen LogP contribution in [0.1, 0.15) is 17.2 Å². The summed E-state index contributed by atoms with van der Waals surface area (Å²) in [6.45, 7) is 3.76. The van der Waals surface area contributed by atoms with Gasteiger partial charge in [0.1, 0.15) is 0 Å². The third kappa shape index (κ3) is 2.75. The molecule has 3 aromatic rings. The molecule has 5 rings (SSSR count). The quantitative estimate of drug-likeness (QED) is 0.503. The lowest BCUT2D eigenvalue weighted by Gasteiger charge is -2.39. The Morgan fingerprint density at radius 2 is 1.29 bits per heavy atom. The van der Waals surface area contributed by atoms with Gasteiger partial charge in [0.05, 0.1) is 11.0 Å². The van der Waals surface area contributed by atoms with Gasteiger partial charge in [-0.15, -0.1) is 0 Å². The maximum atomic E-state index is 10.9. The topological polar surface area (TPSA) is 49.6 Å². The number of nitro benzene ring substituents is 1. The van der Waals surface area contributed by atoms with Crippen molar-refractivity contribution < 1.29 is 4.92 Å². The Balaban J connectivity index is 1.37. The number of nitro groups is 1. The van der Waals surface area contributed by atoms with Gasteiger partial charge in [-0.3, -0.25) is 15.0 Å². The largest absolute Gasteiger partial charge is 0.369 e. The van der Waals surface area contributed by atoms with Crippen molar-refractivity contribution in [1.29, 1.82) is 0 Å². The summed E-state index contributed by atoms with van der Waals surface area (Å²) in [7, 11) is 0. The number of hydrogen-bond acceptors (Lipinski definition) is 4. The first-order valence-electron chi connectivity index (χ1n) is 9.64. The SMILES string of the molecule is O=[N+]([O-])c1ccc(N2CCN(C3c4ccccc4-c4ccccc43)CC2)cc1. The Kier molecular flexibility index (Phi) is 4.10. The van der Waals surface area contributed by atoms with Crippen molar-refractivity contribution in [2.24, 2.45) is 0 Å². The number of rotatable bonds is 3. The summed E-state index contributed by atoms with van der Waals surface area (Å²) < 4.78 is 0. The predicted octanol–water partition coefficient (Wildman–Crippen LogP) is 4.49. The third-order valence-electron chi connectivity index (χ3n) is 5.91. The molecule has 1 heterocycles. The second kappa shape index (κ2) is 6.77. The van der Waals surface area contributed by atoms with Crippen LogP contribution in [0.25, 0.3) is 11.1 Å². The van der Waals surface area contributed by atoms with E-state index in [4.69, 9.17) is 0 Å². The van der Waals surface area contributed by atoms with Crippen LogP contribution < -0.4 is 4.90 Å². The standard InChI is InChI=1S/C23H21N3O2/c27-26(28)18-11-9-17(10-12-18)24-13-15-25(16-14-24)23-21-7-3-1-5-19(21)20-6-2-4-8-22(20)23/h1-12,23H,13-16H2. The Morgan fingerprint density at radius 1 is 0.750 bits per heavy atom. The van der Waals surface area contributed by atoms with E-state index < -0.39 is 0 Å². The van der Waals surface area contributed by atoms with Crippen LogP contribution in [-0.2, 0) is 0 Å². The molecule has 0 amide bonds. The van der Waals surface area contributed by atoms with Crippen molar-refractivity contribution in [2.45, 2.75) is 6.04 Å². The van der Waals surface area contributed by atoms with E-state index in [1.54, 1.807) is 12.1 Å². The molecule has 1 aliphatic carbocycles. The number of nitrogens with zero attached hydrogens (tertiary/aromatic N) is 3. The Morgan fingerprint density at radius 3 is 1.82 bits per heavy atom. The van der Waals surface area contributed by atoms with Gasteiger partial charge in [-0.1, -0.05) is 48.5 Å². The number of non-ortho nitro benzene ring substituents is 1. The first-order valence-corrected chi connectivity index (χ1v) is 9.64. The second-order valence-corrected chi connectivity index (χ2v) is 7.37. The highest BCUT2D eigenvalue weighted by Gasteiger charge is 2.34. The minimum Gasteiger partial charge on any atom is -0.369 e. The van der Waals surface area contributed by atoms with E-state index in [1.807, 2.05) is 12.1 Å². The van der Waals surface area contributed by atoms with Crippen molar-refractivity contribution in [2.75, 3.05) is 31.1 Å². The Hall–Kier alpha value is -3.18. The van der Waals surface area contributed by atoms with Gasteiger partial charge in [-0.25, -0.2) is 0 Å². The van der Waals surface area contributed by atoms with E-state index in [1.165, 1.54) is 22.3 Å². The lowest BCUT2D eigenvalue weighted by molar-refractivity contribution is -0.384. The summed E-state index contributed by atoms with van der Waals surface area (Å²) in [6.07, 6.45) is 0. The molecule has 1 saturated heterocycles. The molecule has 140 valence electrons. The third-order valence-corrected chi connectivity index (χ3v) is 5.91. The second-order valence-electron chi connectivity index (χ2n) is 7.37. The van der Waals surface area contributed by atoms with Gasteiger partial charge < -0.3 is 4.90 Å². The average Bonchev–Trinajstić information content (AvgIpc) is 3.08. The van der Waals surface area contributed by atoms with E-state index in [2.05, 4.69) is 58.3 Å². The average molecular weight is 371 g/mol. The molecule has 0 atom stereocenters. The molecule has 5 heteroatoms. The maximum absolute atomic E-state index is 10.9. The molecule has 0 spiro atoms. The fourth-order valence-corrected chi connectivity index (χ4v) is 4.55. The molecule has 1 fully saturated rings.